The number of hydrogen-bond donors (Lipinski definition) is 0. The van der Waals surface area contributed by atoms with E-state index in [1.165, 1.54) is 12.0 Å². The molecule has 1 aromatic carbocycles. The standard InChI is InChI=1S/C20H20N2O4/c1-26-20(25)14-9-10-21(12-14)16-7-4-8-17(16)22-18(23)11-13-5-2-3-6-15(13)19(22)24/h2-3,5-6,9-10,12,16-17H,4,7-8,11H2,1H3. The van der Waals surface area contributed by atoms with Crippen molar-refractivity contribution in [2.24, 2.45) is 0 Å². The Morgan fingerprint density at radius 1 is 1.12 bits per heavy atom. The third-order valence-electron chi connectivity index (χ3n) is 5.37. The SMILES string of the molecule is COC(=O)c1ccn(C2CCCC2N2C(=O)Cc3ccccc3C2=O)c1. The summed E-state index contributed by atoms with van der Waals surface area (Å²) in [4.78, 5) is 38.8. The van der Waals surface area contributed by atoms with Gasteiger partial charge in [0.15, 0.2) is 0 Å². The van der Waals surface area contributed by atoms with E-state index >= 15 is 0 Å². The zero-order chi connectivity index (χ0) is 18.3. The number of carbonyl (C=O) groups is 3. The molecule has 1 aromatic heterocycles. The molecule has 2 unspecified atom stereocenters. The summed E-state index contributed by atoms with van der Waals surface area (Å²) in [5, 5.41) is 0. The predicted octanol–water partition coefficient (Wildman–Crippen LogP) is 2.59. The summed E-state index contributed by atoms with van der Waals surface area (Å²) >= 11 is 0. The highest BCUT2D eigenvalue weighted by molar-refractivity contribution is 6.10. The minimum absolute atomic E-state index is 0.0217. The molecule has 0 saturated heterocycles. The number of benzene rings is 1. The second kappa shape index (κ2) is 6.44. The van der Waals surface area contributed by atoms with Crippen molar-refractivity contribution in [3.8, 4) is 0 Å². The van der Waals surface area contributed by atoms with Gasteiger partial charge in [0.05, 0.1) is 31.2 Å². The Morgan fingerprint density at radius 3 is 2.69 bits per heavy atom. The number of methoxy groups -OCH3 is 1. The van der Waals surface area contributed by atoms with Crippen molar-refractivity contribution in [1.82, 2.24) is 9.47 Å². The fraction of sp³-hybridized carbons (Fsp3) is 0.350. The van der Waals surface area contributed by atoms with E-state index in [-0.39, 0.29) is 30.3 Å². The first-order valence-corrected chi connectivity index (χ1v) is 8.80. The van der Waals surface area contributed by atoms with Crippen LogP contribution in [0.1, 0.15) is 51.6 Å². The van der Waals surface area contributed by atoms with Gasteiger partial charge in [0.1, 0.15) is 0 Å². The number of amides is 2. The van der Waals surface area contributed by atoms with Gasteiger partial charge in [-0.1, -0.05) is 18.2 Å². The number of aromatic nitrogens is 1. The van der Waals surface area contributed by atoms with Gasteiger partial charge in [-0.3, -0.25) is 14.5 Å². The third kappa shape index (κ3) is 2.62. The van der Waals surface area contributed by atoms with Crippen LogP contribution in [-0.2, 0) is 16.0 Å². The number of fused-ring (bicyclic) bond motifs is 1. The van der Waals surface area contributed by atoms with Gasteiger partial charge in [-0.2, -0.15) is 0 Å². The van der Waals surface area contributed by atoms with Crippen molar-refractivity contribution in [2.45, 2.75) is 37.8 Å². The number of carbonyl (C=O) groups excluding carboxylic acids is 3. The summed E-state index contributed by atoms with van der Waals surface area (Å²) in [5.41, 5.74) is 1.88. The fourth-order valence-electron chi connectivity index (χ4n) is 4.14. The summed E-state index contributed by atoms with van der Waals surface area (Å²) in [6, 6.07) is 8.78. The van der Waals surface area contributed by atoms with E-state index in [0.717, 1.165) is 24.8 Å². The van der Waals surface area contributed by atoms with Crippen LogP contribution in [0.15, 0.2) is 42.7 Å². The van der Waals surface area contributed by atoms with Gasteiger partial charge in [-0.15, -0.1) is 0 Å². The molecule has 2 atom stereocenters. The summed E-state index contributed by atoms with van der Waals surface area (Å²) in [7, 11) is 1.35. The van der Waals surface area contributed by atoms with Crippen molar-refractivity contribution in [2.75, 3.05) is 7.11 Å². The molecule has 1 aliphatic heterocycles. The molecule has 134 valence electrons. The van der Waals surface area contributed by atoms with E-state index in [4.69, 9.17) is 4.74 Å². The summed E-state index contributed by atoms with van der Waals surface area (Å²) < 4.78 is 6.69. The third-order valence-corrected chi connectivity index (χ3v) is 5.37. The van der Waals surface area contributed by atoms with E-state index < -0.39 is 5.97 Å². The number of hydrogen-bond acceptors (Lipinski definition) is 4. The topological polar surface area (TPSA) is 68.6 Å². The summed E-state index contributed by atoms with van der Waals surface area (Å²) in [5.74, 6) is -0.752. The Balaban J connectivity index is 1.64. The monoisotopic (exact) mass is 352 g/mol. The number of ether oxygens (including phenoxy) is 1. The molecule has 26 heavy (non-hydrogen) atoms. The van der Waals surface area contributed by atoms with Crippen LogP contribution in [0.4, 0.5) is 0 Å². The smallest absolute Gasteiger partial charge is 0.339 e. The Labute approximate surface area is 151 Å². The average molecular weight is 352 g/mol. The molecule has 1 saturated carbocycles. The minimum Gasteiger partial charge on any atom is -0.465 e. The quantitative estimate of drug-likeness (QED) is 0.629. The number of rotatable bonds is 3. The van der Waals surface area contributed by atoms with Gasteiger partial charge in [-0.05, 0) is 37.0 Å². The van der Waals surface area contributed by atoms with Crippen molar-refractivity contribution >= 4 is 17.8 Å². The summed E-state index contributed by atoms with van der Waals surface area (Å²) in [6.07, 6.45) is 6.38. The van der Waals surface area contributed by atoms with E-state index in [9.17, 15) is 14.4 Å². The van der Waals surface area contributed by atoms with Gasteiger partial charge in [0.25, 0.3) is 5.91 Å². The molecule has 1 fully saturated rings. The number of imide groups is 1. The molecule has 6 heteroatoms. The first-order valence-electron chi connectivity index (χ1n) is 8.80. The van der Waals surface area contributed by atoms with Gasteiger partial charge in [0.2, 0.25) is 5.91 Å². The summed E-state index contributed by atoms with van der Waals surface area (Å²) in [6.45, 7) is 0. The predicted molar refractivity (Wildman–Crippen MR) is 93.8 cm³/mol. The Bertz CT molecular complexity index is 885. The maximum atomic E-state index is 13.0. The molecule has 2 aromatic rings. The first kappa shape index (κ1) is 16.6. The second-order valence-corrected chi connectivity index (χ2v) is 6.81. The molecular weight excluding hydrogens is 332 g/mol. The highest BCUT2D eigenvalue weighted by Gasteiger charge is 2.42. The lowest BCUT2D eigenvalue weighted by Gasteiger charge is -2.35. The van der Waals surface area contributed by atoms with Crippen molar-refractivity contribution in [3.05, 3.63) is 59.4 Å². The van der Waals surface area contributed by atoms with E-state index in [1.54, 1.807) is 18.3 Å². The van der Waals surface area contributed by atoms with E-state index in [2.05, 4.69) is 0 Å². The van der Waals surface area contributed by atoms with Crippen molar-refractivity contribution < 1.29 is 19.1 Å². The molecule has 2 amide bonds. The fourth-order valence-corrected chi connectivity index (χ4v) is 4.14. The molecule has 1 aliphatic carbocycles. The first-order chi connectivity index (χ1) is 12.6. The molecule has 0 bridgehead atoms. The molecule has 2 aliphatic rings. The highest BCUT2D eigenvalue weighted by Crippen LogP contribution is 2.37. The molecule has 0 radical (unpaired) electrons. The van der Waals surface area contributed by atoms with Crippen LogP contribution in [0.2, 0.25) is 0 Å². The second-order valence-electron chi connectivity index (χ2n) is 6.81. The normalized spacial score (nSPS) is 22.4. The number of esters is 1. The molecular formula is C20H20N2O4. The average Bonchev–Trinajstić information content (AvgIpc) is 3.30. The zero-order valence-electron chi connectivity index (χ0n) is 14.6. The van der Waals surface area contributed by atoms with E-state index in [0.29, 0.717) is 11.1 Å². The van der Waals surface area contributed by atoms with Crippen LogP contribution in [0.25, 0.3) is 0 Å². The lowest BCUT2D eigenvalue weighted by Crippen LogP contribution is -2.50. The molecule has 0 spiro atoms. The van der Waals surface area contributed by atoms with Gasteiger partial charge < -0.3 is 9.30 Å². The molecule has 2 heterocycles. The van der Waals surface area contributed by atoms with Crippen LogP contribution in [0.3, 0.4) is 0 Å². The Kier molecular flexibility index (Phi) is 4.11. The Morgan fingerprint density at radius 2 is 1.88 bits per heavy atom. The molecule has 6 nitrogen and oxygen atoms in total. The van der Waals surface area contributed by atoms with Crippen LogP contribution in [0.5, 0.6) is 0 Å². The highest BCUT2D eigenvalue weighted by atomic mass is 16.5. The van der Waals surface area contributed by atoms with Crippen LogP contribution in [0, 0.1) is 0 Å². The molecule has 0 N–H and O–H groups in total. The number of nitrogens with zero attached hydrogens (tertiary/aromatic N) is 2. The zero-order valence-corrected chi connectivity index (χ0v) is 14.6. The Hall–Kier alpha value is -2.89. The van der Waals surface area contributed by atoms with Crippen LogP contribution < -0.4 is 0 Å². The van der Waals surface area contributed by atoms with Crippen LogP contribution in [-0.4, -0.2) is 40.4 Å². The van der Waals surface area contributed by atoms with Crippen LogP contribution >= 0.6 is 0 Å². The van der Waals surface area contributed by atoms with Gasteiger partial charge in [-0.25, -0.2) is 4.79 Å². The lowest BCUT2D eigenvalue weighted by molar-refractivity contribution is -0.130. The molecule has 4 rings (SSSR count). The van der Waals surface area contributed by atoms with Crippen molar-refractivity contribution in [1.29, 1.82) is 0 Å². The largest absolute Gasteiger partial charge is 0.465 e. The van der Waals surface area contributed by atoms with Gasteiger partial charge in [0, 0.05) is 18.0 Å². The van der Waals surface area contributed by atoms with E-state index in [1.807, 2.05) is 29.0 Å². The maximum Gasteiger partial charge on any atom is 0.339 e. The lowest BCUT2D eigenvalue weighted by atomic mass is 9.96. The van der Waals surface area contributed by atoms with Gasteiger partial charge >= 0.3 is 5.97 Å². The minimum atomic E-state index is -0.391. The van der Waals surface area contributed by atoms with Crippen molar-refractivity contribution in [3.63, 3.8) is 0 Å². The maximum absolute atomic E-state index is 13.0.